The van der Waals surface area contributed by atoms with Crippen molar-refractivity contribution in [2.24, 2.45) is 0 Å². The van der Waals surface area contributed by atoms with Crippen LogP contribution >= 0.6 is 22.9 Å². The fraction of sp³-hybridized carbons (Fsp3) is 0.174. The minimum Gasteiger partial charge on any atom is -0.337 e. The molecule has 0 bridgehead atoms. The first-order chi connectivity index (χ1) is 14.6. The number of hydrogen-bond donors (Lipinski definition) is 0. The summed E-state index contributed by atoms with van der Waals surface area (Å²) in [4.78, 5) is 23.6. The third kappa shape index (κ3) is 4.78. The highest BCUT2D eigenvalue weighted by Gasteiger charge is 2.18. The van der Waals surface area contributed by atoms with Gasteiger partial charge in [0.15, 0.2) is 5.13 Å². The van der Waals surface area contributed by atoms with E-state index in [0.717, 1.165) is 28.7 Å². The summed E-state index contributed by atoms with van der Waals surface area (Å²) < 4.78 is 3.08. The van der Waals surface area contributed by atoms with Crippen LogP contribution in [-0.2, 0) is 11.3 Å². The molecule has 4 rings (SSSR count). The summed E-state index contributed by atoms with van der Waals surface area (Å²) in [6.45, 7) is 3.39. The Hall–Kier alpha value is -2.96. The van der Waals surface area contributed by atoms with Gasteiger partial charge in [-0.05, 0) is 48.7 Å². The van der Waals surface area contributed by atoms with Crippen LogP contribution in [0.25, 0.3) is 16.3 Å². The van der Waals surface area contributed by atoms with Crippen LogP contribution in [0.3, 0.4) is 0 Å². The Morgan fingerprint density at radius 2 is 2.13 bits per heavy atom. The lowest BCUT2D eigenvalue weighted by Gasteiger charge is -2.18. The molecule has 0 radical (unpaired) electrons. The van der Waals surface area contributed by atoms with Crippen molar-refractivity contribution in [3.8, 4) is 0 Å². The Morgan fingerprint density at radius 1 is 1.27 bits per heavy atom. The summed E-state index contributed by atoms with van der Waals surface area (Å²) in [5, 5.41) is 1.32. The number of fused-ring (bicyclic) bond motifs is 1. The van der Waals surface area contributed by atoms with Gasteiger partial charge in [0.25, 0.3) is 5.91 Å². The van der Waals surface area contributed by atoms with E-state index in [0.29, 0.717) is 16.7 Å². The molecule has 4 aromatic rings. The Kier molecular flexibility index (Phi) is 6.26. The molecule has 2 aromatic carbocycles. The lowest BCUT2D eigenvalue weighted by atomic mass is 10.2. The number of anilines is 1. The molecule has 0 aliphatic rings. The van der Waals surface area contributed by atoms with E-state index < -0.39 is 0 Å². The lowest BCUT2D eigenvalue weighted by Crippen LogP contribution is -2.30. The topological polar surface area (TPSA) is 51.0 Å². The van der Waals surface area contributed by atoms with E-state index in [9.17, 15) is 4.79 Å². The molecule has 2 aromatic heterocycles. The summed E-state index contributed by atoms with van der Waals surface area (Å²) >= 11 is 7.75. The van der Waals surface area contributed by atoms with Crippen molar-refractivity contribution in [1.82, 2.24) is 14.5 Å². The average Bonchev–Trinajstić information content (AvgIpc) is 3.39. The van der Waals surface area contributed by atoms with Crippen LogP contribution in [0.1, 0.15) is 17.5 Å². The Bertz CT molecular complexity index is 1180. The van der Waals surface area contributed by atoms with E-state index in [-0.39, 0.29) is 5.91 Å². The largest absolute Gasteiger partial charge is 0.337 e. The molecule has 0 N–H and O–H groups in total. The standard InChI is InChI=1S/C23H21ClN4OS/c1-17-7-9-20-21(15-17)30-23(26-20)28(13-4-12-27-14-11-25-16-27)22(29)10-8-18-5-2-3-6-19(18)24/h2-3,5-11,14-16H,4,12-13H2,1H3/b10-8+. The van der Waals surface area contributed by atoms with Crippen molar-refractivity contribution in [2.45, 2.75) is 19.9 Å². The number of amides is 1. The van der Waals surface area contributed by atoms with Crippen molar-refractivity contribution < 1.29 is 4.79 Å². The van der Waals surface area contributed by atoms with Gasteiger partial charge < -0.3 is 4.57 Å². The lowest BCUT2D eigenvalue weighted by molar-refractivity contribution is -0.114. The van der Waals surface area contributed by atoms with Crippen LogP contribution in [0, 0.1) is 6.92 Å². The predicted molar refractivity (Wildman–Crippen MR) is 124 cm³/mol. The summed E-state index contributed by atoms with van der Waals surface area (Å²) in [5.41, 5.74) is 2.89. The van der Waals surface area contributed by atoms with Crippen LogP contribution in [-0.4, -0.2) is 27.0 Å². The summed E-state index contributed by atoms with van der Waals surface area (Å²) in [5.74, 6) is -0.115. The van der Waals surface area contributed by atoms with Crippen molar-refractivity contribution in [2.75, 3.05) is 11.4 Å². The summed E-state index contributed by atoms with van der Waals surface area (Å²) in [6, 6.07) is 13.6. The van der Waals surface area contributed by atoms with Gasteiger partial charge in [-0.1, -0.05) is 47.2 Å². The molecule has 0 aliphatic heterocycles. The molecule has 2 heterocycles. The Morgan fingerprint density at radius 3 is 2.93 bits per heavy atom. The number of halogens is 1. The Balaban J connectivity index is 1.58. The highest BCUT2D eigenvalue weighted by Crippen LogP contribution is 2.30. The number of imidazole rings is 1. The van der Waals surface area contributed by atoms with E-state index in [4.69, 9.17) is 16.6 Å². The van der Waals surface area contributed by atoms with E-state index >= 15 is 0 Å². The molecule has 5 nitrogen and oxygen atoms in total. The number of aromatic nitrogens is 3. The number of hydrogen-bond acceptors (Lipinski definition) is 4. The second kappa shape index (κ2) is 9.24. The van der Waals surface area contributed by atoms with E-state index in [2.05, 4.69) is 18.0 Å². The smallest absolute Gasteiger partial charge is 0.252 e. The number of rotatable bonds is 7. The van der Waals surface area contributed by atoms with E-state index in [1.54, 1.807) is 29.6 Å². The van der Waals surface area contributed by atoms with Crippen LogP contribution in [0.4, 0.5) is 5.13 Å². The summed E-state index contributed by atoms with van der Waals surface area (Å²) in [6.07, 6.45) is 9.57. The number of thiazole rings is 1. The normalized spacial score (nSPS) is 11.4. The maximum atomic E-state index is 13.1. The molecular formula is C23H21ClN4OS. The minimum absolute atomic E-state index is 0.115. The monoisotopic (exact) mass is 436 g/mol. The molecule has 0 spiro atoms. The number of aryl methyl sites for hydroxylation is 2. The number of carbonyl (C=O) groups is 1. The van der Waals surface area contributed by atoms with Crippen LogP contribution in [0.15, 0.2) is 67.3 Å². The van der Waals surface area contributed by atoms with Gasteiger partial charge in [-0.15, -0.1) is 0 Å². The SMILES string of the molecule is Cc1ccc2nc(N(CCCn3ccnc3)C(=O)/C=C/c3ccccc3Cl)sc2c1. The Labute approximate surface area is 184 Å². The fourth-order valence-electron chi connectivity index (χ4n) is 3.13. The first-order valence-corrected chi connectivity index (χ1v) is 10.9. The number of benzene rings is 2. The minimum atomic E-state index is -0.115. The van der Waals surface area contributed by atoms with Gasteiger partial charge in [-0.2, -0.15) is 0 Å². The van der Waals surface area contributed by atoms with Gasteiger partial charge in [-0.3, -0.25) is 9.69 Å². The van der Waals surface area contributed by atoms with Crippen molar-refractivity contribution in [1.29, 1.82) is 0 Å². The van der Waals surface area contributed by atoms with Gasteiger partial charge in [0.2, 0.25) is 0 Å². The highest BCUT2D eigenvalue weighted by molar-refractivity contribution is 7.22. The molecule has 30 heavy (non-hydrogen) atoms. The maximum Gasteiger partial charge on any atom is 0.252 e. The highest BCUT2D eigenvalue weighted by atomic mass is 35.5. The van der Waals surface area contributed by atoms with E-state index in [1.807, 2.05) is 47.2 Å². The molecule has 0 atom stereocenters. The third-order valence-corrected chi connectivity index (χ3v) is 6.08. The first-order valence-electron chi connectivity index (χ1n) is 9.67. The third-order valence-electron chi connectivity index (χ3n) is 4.70. The zero-order chi connectivity index (χ0) is 20.9. The average molecular weight is 437 g/mol. The molecule has 152 valence electrons. The second-order valence-electron chi connectivity index (χ2n) is 6.97. The quantitative estimate of drug-likeness (QED) is 0.355. The summed E-state index contributed by atoms with van der Waals surface area (Å²) in [7, 11) is 0. The predicted octanol–water partition coefficient (Wildman–Crippen LogP) is 5.59. The molecular weight excluding hydrogens is 416 g/mol. The molecule has 0 fully saturated rings. The van der Waals surface area contributed by atoms with Crippen LogP contribution in [0.5, 0.6) is 0 Å². The van der Waals surface area contributed by atoms with Crippen LogP contribution in [0.2, 0.25) is 5.02 Å². The second-order valence-corrected chi connectivity index (χ2v) is 8.38. The van der Waals surface area contributed by atoms with Gasteiger partial charge in [0.05, 0.1) is 16.5 Å². The zero-order valence-corrected chi connectivity index (χ0v) is 18.1. The first kappa shape index (κ1) is 20.3. The number of carbonyl (C=O) groups excluding carboxylic acids is 1. The molecule has 0 unspecified atom stereocenters. The molecule has 1 amide bonds. The molecule has 0 saturated heterocycles. The van der Waals surface area contributed by atoms with Gasteiger partial charge in [-0.25, -0.2) is 9.97 Å². The van der Waals surface area contributed by atoms with Crippen molar-refractivity contribution in [3.63, 3.8) is 0 Å². The fourth-order valence-corrected chi connectivity index (χ4v) is 4.42. The van der Waals surface area contributed by atoms with Gasteiger partial charge in [0.1, 0.15) is 0 Å². The maximum absolute atomic E-state index is 13.1. The van der Waals surface area contributed by atoms with Gasteiger partial charge in [0, 0.05) is 36.6 Å². The number of nitrogens with zero attached hydrogens (tertiary/aromatic N) is 4. The molecule has 0 saturated carbocycles. The van der Waals surface area contributed by atoms with Gasteiger partial charge >= 0.3 is 0 Å². The molecule has 7 heteroatoms. The van der Waals surface area contributed by atoms with Crippen molar-refractivity contribution in [3.05, 3.63) is 83.4 Å². The van der Waals surface area contributed by atoms with Crippen molar-refractivity contribution >= 4 is 50.3 Å². The zero-order valence-electron chi connectivity index (χ0n) is 16.5. The van der Waals surface area contributed by atoms with E-state index in [1.165, 1.54) is 16.9 Å². The van der Waals surface area contributed by atoms with Crippen LogP contribution < -0.4 is 4.90 Å². The molecule has 0 aliphatic carbocycles.